The molecule has 0 aromatic heterocycles. The highest BCUT2D eigenvalue weighted by Gasteiger charge is 1.99. The maximum absolute atomic E-state index is 9.21. The summed E-state index contributed by atoms with van der Waals surface area (Å²) in [5.74, 6) is 0.294. The first-order valence-corrected chi connectivity index (χ1v) is 3.32. The van der Waals surface area contributed by atoms with Gasteiger partial charge >= 0.3 is 0 Å². The standard InChI is InChI=1S/C8H11NO/c1-2-6-7(9)4-3-5-8(6)10/h3-5,10H,2,9H2,1H3. The number of benzene rings is 1. The Hall–Kier alpha value is -1.18. The number of anilines is 1. The van der Waals surface area contributed by atoms with Gasteiger partial charge in [-0.1, -0.05) is 13.0 Å². The lowest BCUT2D eigenvalue weighted by Gasteiger charge is -2.03. The molecule has 0 saturated heterocycles. The van der Waals surface area contributed by atoms with Crippen molar-refractivity contribution in [1.82, 2.24) is 0 Å². The van der Waals surface area contributed by atoms with Crippen molar-refractivity contribution in [3.8, 4) is 5.75 Å². The quantitative estimate of drug-likeness (QED) is 0.577. The molecule has 0 atom stereocenters. The van der Waals surface area contributed by atoms with Crippen LogP contribution in [0.2, 0.25) is 0 Å². The number of hydrogen-bond acceptors (Lipinski definition) is 2. The Labute approximate surface area is 60.3 Å². The molecule has 0 radical (unpaired) electrons. The van der Waals surface area contributed by atoms with Gasteiger partial charge in [-0.15, -0.1) is 0 Å². The zero-order valence-corrected chi connectivity index (χ0v) is 5.96. The Morgan fingerprint density at radius 3 is 2.60 bits per heavy atom. The van der Waals surface area contributed by atoms with Crippen LogP contribution in [0, 0.1) is 0 Å². The second-order valence-corrected chi connectivity index (χ2v) is 2.20. The van der Waals surface area contributed by atoms with E-state index >= 15 is 0 Å². The van der Waals surface area contributed by atoms with Gasteiger partial charge in [0.05, 0.1) is 0 Å². The molecule has 1 aromatic carbocycles. The Balaban J connectivity index is 3.17. The van der Waals surface area contributed by atoms with Gasteiger partial charge in [0.25, 0.3) is 0 Å². The fraction of sp³-hybridized carbons (Fsp3) is 0.250. The van der Waals surface area contributed by atoms with Crippen LogP contribution in [0.4, 0.5) is 5.69 Å². The summed E-state index contributed by atoms with van der Waals surface area (Å²) in [6.45, 7) is 1.96. The van der Waals surface area contributed by atoms with Crippen molar-refractivity contribution in [1.29, 1.82) is 0 Å². The number of phenols is 1. The van der Waals surface area contributed by atoms with Crippen molar-refractivity contribution in [2.75, 3.05) is 5.73 Å². The molecule has 0 spiro atoms. The van der Waals surface area contributed by atoms with Crippen LogP contribution >= 0.6 is 0 Å². The Kier molecular flexibility index (Phi) is 1.81. The first-order valence-electron chi connectivity index (χ1n) is 3.32. The Bertz CT molecular complexity index is 212. The first-order chi connectivity index (χ1) is 4.75. The zero-order chi connectivity index (χ0) is 7.56. The van der Waals surface area contributed by atoms with Crippen LogP contribution in [-0.2, 0) is 6.42 Å². The van der Waals surface area contributed by atoms with Crippen molar-refractivity contribution >= 4 is 5.69 Å². The van der Waals surface area contributed by atoms with Gasteiger partial charge in [-0.2, -0.15) is 0 Å². The van der Waals surface area contributed by atoms with Gasteiger partial charge in [-0.3, -0.25) is 0 Å². The van der Waals surface area contributed by atoms with Crippen LogP contribution in [0.25, 0.3) is 0 Å². The molecule has 0 heterocycles. The maximum Gasteiger partial charge on any atom is 0.120 e. The minimum absolute atomic E-state index is 0.294. The third-order valence-electron chi connectivity index (χ3n) is 1.54. The molecule has 2 nitrogen and oxygen atoms in total. The third-order valence-corrected chi connectivity index (χ3v) is 1.54. The maximum atomic E-state index is 9.21. The van der Waals surface area contributed by atoms with Gasteiger partial charge in [-0.05, 0) is 18.6 Å². The van der Waals surface area contributed by atoms with Crippen LogP contribution in [-0.4, -0.2) is 5.11 Å². The second-order valence-electron chi connectivity index (χ2n) is 2.20. The average Bonchev–Trinajstić information content (AvgIpc) is 1.88. The van der Waals surface area contributed by atoms with Gasteiger partial charge in [0.2, 0.25) is 0 Å². The van der Waals surface area contributed by atoms with Crippen LogP contribution < -0.4 is 5.73 Å². The number of nitrogens with two attached hydrogens (primary N) is 1. The summed E-state index contributed by atoms with van der Waals surface area (Å²) in [7, 11) is 0. The van der Waals surface area contributed by atoms with E-state index in [4.69, 9.17) is 5.73 Å². The molecule has 0 bridgehead atoms. The summed E-state index contributed by atoms with van der Waals surface area (Å²) < 4.78 is 0. The van der Waals surface area contributed by atoms with Gasteiger partial charge in [-0.25, -0.2) is 0 Å². The lowest BCUT2D eigenvalue weighted by atomic mass is 10.1. The highest BCUT2D eigenvalue weighted by molar-refractivity contribution is 5.53. The minimum atomic E-state index is 0.294. The molecule has 0 amide bonds. The monoisotopic (exact) mass is 137 g/mol. The fourth-order valence-electron chi connectivity index (χ4n) is 0.977. The number of aromatic hydroxyl groups is 1. The summed E-state index contributed by atoms with van der Waals surface area (Å²) in [6, 6.07) is 5.18. The molecule has 0 unspecified atom stereocenters. The summed E-state index contributed by atoms with van der Waals surface area (Å²) >= 11 is 0. The normalized spacial score (nSPS) is 9.70. The predicted molar refractivity (Wildman–Crippen MR) is 41.9 cm³/mol. The number of hydrogen-bond donors (Lipinski definition) is 2. The zero-order valence-electron chi connectivity index (χ0n) is 5.96. The van der Waals surface area contributed by atoms with Crippen LogP contribution in [0.15, 0.2) is 18.2 Å². The van der Waals surface area contributed by atoms with Gasteiger partial charge < -0.3 is 10.8 Å². The van der Waals surface area contributed by atoms with Crippen molar-refractivity contribution in [2.24, 2.45) is 0 Å². The van der Waals surface area contributed by atoms with Crippen molar-refractivity contribution < 1.29 is 5.11 Å². The summed E-state index contributed by atoms with van der Waals surface area (Å²) in [6.07, 6.45) is 0.776. The molecular formula is C8H11NO. The molecule has 1 aromatic rings. The summed E-state index contributed by atoms with van der Waals surface area (Å²) in [5.41, 5.74) is 7.08. The molecule has 0 saturated carbocycles. The highest BCUT2D eigenvalue weighted by atomic mass is 16.3. The van der Waals surface area contributed by atoms with E-state index in [1.807, 2.05) is 6.92 Å². The number of rotatable bonds is 1. The van der Waals surface area contributed by atoms with E-state index in [0.717, 1.165) is 12.0 Å². The van der Waals surface area contributed by atoms with Crippen molar-refractivity contribution in [3.63, 3.8) is 0 Å². The molecule has 3 N–H and O–H groups in total. The first kappa shape index (κ1) is 6.93. The molecular weight excluding hydrogens is 126 g/mol. The van der Waals surface area contributed by atoms with E-state index in [1.54, 1.807) is 18.2 Å². The van der Waals surface area contributed by atoms with Crippen LogP contribution in [0.3, 0.4) is 0 Å². The van der Waals surface area contributed by atoms with Crippen molar-refractivity contribution in [2.45, 2.75) is 13.3 Å². The number of phenolic OH excluding ortho intramolecular Hbond substituents is 1. The molecule has 1 rings (SSSR count). The van der Waals surface area contributed by atoms with Gasteiger partial charge in [0, 0.05) is 11.3 Å². The van der Waals surface area contributed by atoms with E-state index in [9.17, 15) is 5.11 Å². The average molecular weight is 137 g/mol. The van der Waals surface area contributed by atoms with Gasteiger partial charge in [0.1, 0.15) is 5.75 Å². The lowest BCUT2D eigenvalue weighted by Crippen LogP contribution is -1.91. The molecule has 0 aliphatic rings. The smallest absolute Gasteiger partial charge is 0.120 e. The SMILES string of the molecule is CCc1c(N)cccc1O. The molecule has 0 aliphatic heterocycles. The number of nitrogen functional groups attached to an aromatic ring is 1. The van der Waals surface area contributed by atoms with E-state index in [2.05, 4.69) is 0 Å². The third kappa shape index (κ3) is 1.05. The van der Waals surface area contributed by atoms with Crippen LogP contribution in [0.5, 0.6) is 5.75 Å². The van der Waals surface area contributed by atoms with Crippen molar-refractivity contribution in [3.05, 3.63) is 23.8 Å². The fourth-order valence-corrected chi connectivity index (χ4v) is 0.977. The highest BCUT2D eigenvalue weighted by Crippen LogP contribution is 2.22. The van der Waals surface area contributed by atoms with Gasteiger partial charge in [0.15, 0.2) is 0 Å². The predicted octanol–water partition coefficient (Wildman–Crippen LogP) is 1.54. The molecule has 10 heavy (non-hydrogen) atoms. The largest absolute Gasteiger partial charge is 0.508 e. The second kappa shape index (κ2) is 2.60. The lowest BCUT2D eigenvalue weighted by molar-refractivity contribution is 0.469. The Morgan fingerprint density at radius 1 is 1.50 bits per heavy atom. The molecule has 54 valence electrons. The minimum Gasteiger partial charge on any atom is -0.508 e. The molecule has 2 heteroatoms. The molecule has 0 aliphatic carbocycles. The Morgan fingerprint density at radius 2 is 2.20 bits per heavy atom. The van der Waals surface area contributed by atoms with E-state index in [1.165, 1.54) is 0 Å². The molecule has 0 fully saturated rings. The topological polar surface area (TPSA) is 46.2 Å². The summed E-state index contributed by atoms with van der Waals surface area (Å²) in [5, 5.41) is 9.21. The van der Waals surface area contributed by atoms with E-state index in [0.29, 0.717) is 11.4 Å². The van der Waals surface area contributed by atoms with E-state index in [-0.39, 0.29) is 0 Å². The van der Waals surface area contributed by atoms with E-state index < -0.39 is 0 Å². The van der Waals surface area contributed by atoms with Crippen LogP contribution in [0.1, 0.15) is 12.5 Å². The summed E-state index contributed by atoms with van der Waals surface area (Å²) in [4.78, 5) is 0.